The Morgan fingerprint density at radius 3 is 0.779 bits per heavy atom. The summed E-state index contributed by atoms with van der Waals surface area (Å²) in [6.45, 7) is -5.57. The Bertz CT molecular complexity index is 1500. The van der Waals surface area contributed by atoms with Crippen molar-refractivity contribution in [3.8, 4) is 0 Å². The number of hydrogen-bond acceptors (Lipinski definition) is 21. The fourth-order valence-electron chi connectivity index (χ4n) is 5.03. The minimum absolute atomic E-state index is 0. The number of nitrogens with zero attached hydrogens (tertiary/aromatic N) is 6. The molecule has 1 atom stereocenters. The molecule has 31 nitrogen and oxygen atoms in total. The van der Waals surface area contributed by atoms with Crippen molar-refractivity contribution in [1.29, 1.82) is 0 Å². The van der Waals surface area contributed by atoms with Crippen LogP contribution < -0.4 is 128 Å². The van der Waals surface area contributed by atoms with Gasteiger partial charge >= 0.3 is 178 Å². The van der Waals surface area contributed by atoms with Crippen LogP contribution >= 0.6 is 0 Å². The van der Waals surface area contributed by atoms with Crippen LogP contribution in [-0.2, 0) is 57.5 Å². The third-order valence-corrected chi connectivity index (χ3v) is 7.50. The van der Waals surface area contributed by atoms with Crippen molar-refractivity contribution in [1.82, 2.24) is 29.4 Å². The summed E-state index contributed by atoms with van der Waals surface area (Å²) in [6, 6.07) is -1.62. The Morgan fingerprint density at radius 2 is 0.574 bits per heavy atom. The van der Waals surface area contributed by atoms with Gasteiger partial charge in [0.2, 0.25) is 0 Å². The molecule has 0 amide bonds. The predicted molar refractivity (Wildman–Crippen MR) is 200 cm³/mol. The van der Waals surface area contributed by atoms with Gasteiger partial charge in [0.15, 0.2) is 0 Å². The predicted octanol–water partition coefficient (Wildman–Crippen LogP) is -20.7. The van der Waals surface area contributed by atoms with E-state index in [1.807, 2.05) is 0 Å². The van der Waals surface area contributed by atoms with E-state index in [0.717, 1.165) is 9.80 Å². The minimum Gasteiger partial charge on any atom is -0.549 e. The minimum atomic E-state index is -1.74. The van der Waals surface area contributed by atoms with Crippen LogP contribution in [0.5, 0.6) is 0 Å². The Kier molecular flexibility index (Phi) is 54.6. The molecule has 0 aliphatic rings. The van der Waals surface area contributed by atoms with Gasteiger partial charge in [-0.1, -0.05) is 0 Å². The van der Waals surface area contributed by atoms with Crippen LogP contribution in [0.2, 0.25) is 0 Å². The molecule has 68 heavy (non-hydrogen) atoms. The van der Waals surface area contributed by atoms with Crippen LogP contribution in [0, 0.1) is 0 Å². The van der Waals surface area contributed by atoms with E-state index in [1.54, 1.807) is 0 Å². The first-order valence-corrected chi connectivity index (χ1v) is 18.1. The SMILES string of the molecule is O=C(O)CN(CCN(CC(=O)O)CC(=O)O)CCN(CC(=O)O)CC(=O)O.O=C(O)CN(CCO)CCN(CC(=O)O)CC(=O)O.O=C([O-])CN(CC(=O)O)[C@@H](CCC(=O)O)C(=O)[O-].[Na+].[Na+].[Na+].[Na+]. The number of aliphatic carboxylic acids is 12. The molecule has 366 valence electrons. The quantitative estimate of drug-likeness (QED) is 0.0260. The molecule has 0 unspecified atom stereocenters. The van der Waals surface area contributed by atoms with Crippen molar-refractivity contribution in [2.45, 2.75) is 18.9 Å². The molecule has 0 saturated heterocycles. The van der Waals surface area contributed by atoms with Gasteiger partial charge in [-0.2, -0.15) is 0 Å². The second-order valence-corrected chi connectivity index (χ2v) is 13.0. The topological polar surface area (TPSA) is 493 Å². The zero-order chi connectivity index (χ0) is 50.1. The molecular formula is C33H52N6Na4O25+2. The van der Waals surface area contributed by atoms with E-state index >= 15 is 0 Å². The second kappa shape index (κ2) is 46.7. The molecule has 0 aromatic carbocycles. The van der Waals surface area contributed by atoms with E-state index in [-0.39, 0.29) is 177 Å². The van der Waals surface area contributed by atoms with Crippen molar-refractivity contribution in [2.75, 3.05) is 118 Å². The van der Waals surface area contributed by atoms with Gasteiger partial charge in [-0.3, -0.25) is 77.3 Å². The zero-order valence-corrected chi connectivity index (χ0v) is 46.0. The van der Waals surface area contributed by atoms with Gasteiger partial charge in [0.05, 0.1) is 83.5 Å². The molecule has 0 aromatic rings. The maximum absolute atomic E-state index is 11.0. The number of carbonyl (C=O) groups excluding carboxylic acids is 2. The van der Waals surface area contributed by atoms with Crippen LogP contribution in [0.4, 0.5) is 0 Å². The van der Waals surface area contributed by atoms with E-state index in [4.69, 9.17) is 56.2 Å². The molecule has 0 aliphatic heterocycles. The van der Waals surface area contributed by atoms with E-state index in [1.165, 1.54) is 14.7 Å². The van der Waals surface area contributed by atoms with Crippen LogP contribution in [0.15, 0.2) is 0 Å². The van der Waals surface area contributed by atoms with Crippen molar-refractivity contribution in [2.24, 2.45) is 0 Å². The summed E-state index contributed by atoms with van der Waals surface area (Å²) in [5.74, 6) is -15.7. The zero-order valence-electron chi connectivity index (χ0n) is 38.0. The third kappa shape index (κ3) is 52.7. The molecule has 0 fully saturated rings. The van der Waals surface area contributed by atoms with Crippen LogP contribution in [0.1, 0.15) is 12.8 Å². The van der Waals surface area contributed by atoms with Gasteiger partial charge in [-0.25, -0.2) is 0 Å². The van der Waals surface area contributed by atoms with Crippen LogP contribution in [0.25, 0.3) is 0 Å². The molecule has 0 rings (SSSR count). The number of aliphatic hydroxyl groups is 1. The van der Waals surface area contributed by atoms with E-state index in [0.29, 0.717) is 4.90 Å². The van der Waals surface area contributed by atoms with Gasteiger partial charge in [-0.15, -0.1) is 0 Å². The van der Waals surface area contributed by atoms with Gasteiger partial charge in [0.25, 0.3) is 0 Å². The first-order valence-electron chi connectivity index (χ1n) is 18.1. The molecule has 0 spiro atoms. The van der Waals surface area contributed by atoms with E-state index in [2.05, 4.69) is 0 Å². The maximum Gasteiger partial charge on any atom is 1.00 e. The Labute approximate surface area is 475 Å². The molecule has 0 aromatic heterocycles. The summed E-state index contributed by atoms with van der Waals surface area (Å²) >= 11 is 0. The molecule has 0 heterocycles. The number of aliphatic hydroxyl groups excluding tert-OH is 1. The number of carboxylic acid groups (broad SMARTS) is 12. The summed E-state index contributed by atoms with van der Waals surface area (Å²) < 4.78 is 0. The molecule has 35 heteroatoms. The van der Waals surface area contributed by atoms with Gasteiger partial charge in [0, 0.05) is 58.8 Å². The Balaban J connectivity index is -0.000000164. The molecule has 0 aliphatic carbocycles. The average Bonchev–Trinajstić information content (AvgIpc) is 3.09. The van der Waals surface area contributed by atoms with E-state index < -0.39 is 149 Å². The van der Waals surface area contributed by atoms with Crippen LogP contribution in [-0.4, -0.2) is 281 Å². The average molecular weight is 1020 g/mol. The van der Waals surface area contributed by atoms with Crippen molar-refractivity contribution in [3.63, 3.8) is 0 Å². The Morgan fingerprint density at radius 1 is 0.338 bits per heavy atom. The smallest absolute Gasteiger partial charge is 0.549 e. The number of carboxylic acids is 12. The maximum atomic E-state index is 11.0. The van der Waals surface area contributed by atoms with Crippen LogP contribution in [0.3, 0.4) is 0 Å². The summed E-state index contributed by atoms with van der Waals surface area (Å²) in [5, 5.41) is 117. The summed E-state index contributed by atoms with van der Waals surface area (Å²) in [4.78, 5) is 134. The van der Waals surface area contributed by atoms with Crippen molar-refractivity contribution < 1.29 is 242 Å². The normalized spacial score (nSPS) is 10.6. The number of carbonyl (C=O) groups is 12. The number of rotatable bonds is 36. The molecule has 0 radical (unpaired) electrons. The first-order chi connectivity index (χ1) is 29.6. The monoisotopic (exact) mass is 1020 g/mol. The molecule has 11 N–H and O–H groups in total. The summed E-state index contributed by atoms with van der Waals surface area (Å²) in [7, 11) is 0. The van der Waals surface area contributed by atoms with Gasteiger partial charge in [-0.05, 0) is 6.42 Å². The fourth-order valence-corrected chi connectivity index (χ4v) is 5.03. The van der Waals surface area contributed by atoms with E-state index in [9.17, 15) is 67.7 Å². The molecule has 0 saturated carbocycles. The molecular weight excluding hydrogens is 972 g/mol. The standard InChI is InChI=1S/C14H23N3O10.C10H18N2O7.C9H13NO8.4Na/c18-10(19)5-15(1-3-16(6-11(20)21)7-12(22)23)2-4-17(8-13(24)25)9-14(26)27;13-4-3-11(5-8(14)15)1-2-12(6-9(16)17)7-10(18)19;11-6(12)2-1-5(9(17)18)10(3-7(13)14)4-8(15)16;;;;/h1-9H2,(H,18,19)(H,20,21)(H,22,23)(H,24,25)(H,26,27);13H,1-7H2,(H,14,15)(H,16,17)(H,18,19);5H,1-4H2,(H,11,12)(H,13,14)(H,15,16)(H,17,18);;;;/q;;;4*+1/p-2/t;;5-;;;;/m..0..../s1. The second-order valence-electron chi connectivity index (χ2n) is 13.0. The summed E-state index contributed by atoms with van der Waals surface area (Å²) in [6.07, 6.45) is -1.01. The Hall–Kier alpha value is -2.64. The van der Waals surface area contributed by atoms with Crippen molar-refractivity contribution >= 4 is 71.6 Å². The fraction of sp³-hybridized carbons (Fsp3) is 0.636. The third-order valence-electron chi connectivity index (χ3n) is 7.50. The summed E-state index contributed by atoms with van der Waals surface area (Å²) in [5.41, 5.74) is 0. The first kappa shape index (κ1) is 79.5. The molecule has 0 bridgehead atoms. The largest absolute Gasteiger partial charge is 1.00 e. The van der Waals surface area contributed by atoms with Gasteiger partial charge in [0.1, 0.15) is 0 Å². The van der Waals surface area contributed by atoms with Crippen molar-refractivity contribution in [3.05, 3.63) is 0 Å². The number of hydrogen-bond donors (Lipinski definition) is 11. The van der Waals surface area contributed by atoms with Gasteiger partial charge < -0.3 is 76.0 Å².